The molecule has 1 aromatic carbocycles. The Morgan fingerprint density at radius 3 is 2.64 bits per heavy atom. The normalized spacial score (nSPS) is 27.2. The number of carbonyl (C=O) groups excluding carboxylic acids is 3. The number of carbonyl (C=O) groups is 3. The van der Waals surface area contributed by atoms with Crippen LogP contribution in [0.1, 0.15) is 37.7 Å². The van der Waals surface area contributed by atoms with Gasteiger partial charge in [0, 0.05) is 31.1 Å². The molecule has 4 amide bonds. The van der Waals surface area contributed by atoms with E-state index in [0.717, 1.165) is 18.4 Å². The van der Waals surface area contributed by atoms with Crippen LogP contribution >= 0.6 is 0 Å². The third kappa shape index (κ3) is 4.29. The van der Waals surface area contributed by atoms with Crippen molar-refractivity contribution in [3.63, 3.8) is 0 Å². The van der Waals surface area contributed by atoms with Gasteiger partial charge in [0.05, 0.1) is 0 Å². The van der Waals surface area contributed by atoms with E-state index in [1.807, 2.05) is 30.3 Å². The number of urea groups is 1. The van der Waals surface area contributed by atoms with E-state index in [0.29, 0.717) is 32.0 Å². The summed E-state index contributed by atoms with van der Waals surface area (Å²) in [5.74, 6) is -0.0104. The van der Waals surface area contributed by atoms with Gasteiger partial charge in [-0.05, 0) is 43.6 Å². The van der Waals surface area contributed by atoms with Crippen LogP contribution in [0.15, 0.2) is 30.3 Å². The van der Waals surface area contributed by atoms with Crippen molar-refractivity contribution in [1.29, 1.82) is 0 Å². The number of amides is 4. The van der Waals surface area contributed by atoms with Crippen molar-refractivity contribution in [1.82, 2.24) is 20.9 Å². The molecule has 7 heteroatoms. The second-order valence-corrected chi connectivity index (χ2v) is 8.26. The van der Waals surface area contributed by atoms with E-state index < -0.39 is 0 Å². The summed E-state index contributed by atoms with van der Waals surface area (Å²) in [4.78, 5) is 39.0. The number of rotatable bonds is 4. The van der Waals surface area contributed by atoms with E-state index in [-0.39, 0.29) is 42.3 Å². The molecule has 1 aliphatic heterocycles. The Morgan fingerprint density at radius 2 is 1.93 bits per heavy atom. The Labute approximate surface area is 165 Å². The summed E-state index contributed by atoms with van der Waals surface area (Å²) in [7, 11) is 0. The molecule has 1 heterocycles. The first-order valence-electron chi connectivity index (χ1n) is 10.2. The number of fused-ring (bicyclic) bond motifs is 1. The lowest BCUT2D eigenvalue weighted by molar-refractivity contribution is -0.126. The summed E-state index contributed by atoms with van der Waals surface area (Å²) < 4.78 is 0. The maximum Gasteiger partial charge on any atom is 0.318 e. The van der Waals surface area contributed by atoms with E-state index in [1.54, 1.807) is 4.90 Å². The fourth-order valence-electron chi connectivity index (χ4n) is 4.40. The molecule has 0 unspecified atom stereocenters. The Balaban J connectivity index is 1.34. The molecule has 150 valence electrons. The van der Waals surface area contributed by atoms with E-state index in [1.165, 1.54) is 6.42 Å². The third-order valence-electron chi connectivity index (χ3n) is 6.23. The molecule has 3 N–H and O–H groups in total. The second kappa shape index (κ2) is 8.20. The molecule has 3 aliphatic rings. The number of hydrogen-bond donors (Lipinski definition) is 3. The summed E-state index contributed by atoms with van der Waals surface area (Å²) >= 11 is 0. The molecule has 2 aliphatic carbocycles. The van der Waals surface area contributed by atoms with Crippen molar-refractivity contribution < 1.29 is 14.4 Å². The average Bonchev–Trinajstić information content (AvgIpc) is 2.98. The molecular formula is C21H28N4O3. The van der Waals surface area contributed by atoms with Crippen molar-refractivity contribution in [2.24, 2.45) is 11.8 Å². The van der Waals surface area contributed by atoms with E-state index in [2.05, 4.69) is 16.0 Å². The molecule has 2 saturated carbocycles. The SMILES string of the molecule is O=C1CN(C(=O)NCc2ccccc2)C[C@H]2C[C@H](C(=O)NC3CCC3)C[C@H]2N1. The van der Waals surface area contributed by atoms with E-state index in [9.17, 15) is 14.4 Å². The number of nitrogens with one attached hydrogen (secondary N) is 3. The molecule has 1 saturated heterocycles. The van der Waals surface area contributed by atoms with E-state index >= 15 is 0 Å². The number of hydrogen-bond acceptors (Lipinski definition) is 3. The first kappa shape index (κ1) is 18.8. The van der Waals surface area contributed by atoms with E-state index in [4.69, 9.17) is 0 Å². The van der Waals surface area contributed by atoms with Crippen LogP contribution in [0.2, 0.25) is 0 Å². The fraction of sp³-hybridized carbons (Fsp3) is 0.571. The minimum absolute atomic E-state index is 0.0310. The van der Waals surface area contributed by atoms with Crippen LogP contribution < -0.4 is 16.0 Å². The zero-order valence-electron chi connectivity index (χ0n) is 16.0. The predicted molar refractivity (Wildman–Crippen MR) is 104 cm³/mol. The van der Waals surface area contributed by atoms with Gasteiger partial charge in [-0.2, -0.15) is 0 Å². The smallest absolute Gasteiger partial charge is 0.318 e. The second-order valence-electron chi connectivity index (χ2n) is 8.26. The van der Waals surface area contributed by atoms with Crippen molar-refractivity contribution in [3.8, 4) is 0 Å². The number of benzene rings is 1. The highest BCUT2D eigenvalue weighted by molar-refractivity contribution is 5.85. The van der Waals surface area contributed by atoms with Crippen molar-refractivity contribution in [2.75, 3.05) is 13.1 Å². The van der Waals surface area contributed by atoms with Gasteiger partial charge in [0.1, 0.15) is 6.54 Å². The quantitative estimate of drug-likeness (QED) is 0.733. The standard InChI is InChI=1S/C21H28N4O3/c26-19-13-25(21(28)22-11-14-5-2-1-3-6-14)12-16-9-15(10-18(16)24-19)20(27)23-17-7-4-8-17/h1-3,5-6,15-18H,4,7-13H2,(H,22,28)(H,23,27)(H,24,26)/t15-,16+,18+/m0/s1. The molecule has 0 radical (unpaired) electrons. The highest BCUT2D eigenvalue weighted by Crippen LogP contribution is 2.34. The van der Waals surface area contributed by atoms with Gasteiger partial charge >= 0.3 is 6.03 Å². The summed E-state index contributed by atoms with van der Waals surface area (Å²) in [6, 6.07) is 9.76. The Morgan fingerprint density at radius 1 is 1.14 bits per heavy atom. The van der Waals surface area contributed by atoms with Crippen LogP contribution in [0.3, 0.4) is 0 Å². The minimum atomic E-state index is -0.234. The summed E-state index contributed by atoms with van der Waals surface area (Å²) in [6.45, 7) is 0.988. The lowest BCUT2D eigenvalue weighted by atomic mass is 9.92. The van der Waals surface area contributed by atoms with Gasteiger partial charge in [-0.25, -0.2) is 4.79 Å². The molecule has 4 rings (SSSR count). The molecule has 3 atom stereocenters. The highest BCUT2D eigenvalue weighted by atomic mass is 16.2. The van der Waals surface area contributed by atoms with Gasteiger partial charge in [-0.1, -0.05) is 30.3 Å². The molecule has 7 nitrogen and oxygen atoms in total. The molecular weight excluding hydrogens is 356 g/mol. The van der Waals surface area contributed by atoms with Crippen molar-refractivity contribution in [2.45, 2.75) is 50.7 Å². The molecule has 28 heavy (non-hydrogen) atoms. The molecule has 0 aromatic heterocycles. The van der Waals surface area contributed by atoms with Crippen molar-refractivity contribution >= 4 is 17.8 Å². The molecule has 0 bridgehead atoms. The van der Waals surface area contributed by atoms with Gasteiger partial charge in [0.15, 0.2) is 0 Å². The third-order valence-corrected chi connectivity index (χ3v) is 6.23. The first-order valence-corrected chi connectivity index (χ1v) is 10.2. The lowest BCUT2D eigenvalue weighted by Crippen LogP contribution is -2.45. The Bertz CT molecular complexity index is 734. The summed E-state index contributed by atoms with van der Waals surface area (Å²) in [5, 5.41) is 9.05. The van der Waals surface area contributed by atoms with Crippen LogP contribution in [-0.4, -0.2) is 47.9 Å². The zero-order valence-corrected chi connectivity index (χ0v) is 16.0. The van der Waals surface area contributed by atoms with Gasteiger partial charge in [0.2, 0.25) is 11.8 Å². The number of nitrogens with zero attached hydrogens (tertiary/aromatic N) is 1. The predicted octanol–water partition coefficient (Wildman–Crippen LogP) is 1.39. The molecule has 3 fully saturated rings. The average molecular weight is 384 g/mol. The van der Waals surface area contributed by atoms with Crippen LogP contribution in [0.4, 0.5) is 4.79 Å². The maximum absolute atomic E-state index is 12.6. The monoisotopic (exact) mass is 384 g/mol. The maximum atomic E-state index is 12.6. The van der Waals surface area contributed by atoms with Crippen LogP contribution in [0.25, 0.3) is 0 Å². The highest BCUT2D eigenvalue weighted by Gasteiger charge is 2.42. The van der Waals surface area contributed by atoms with Crippen molar-refractivity contribution in [3.05, 3.63) is 35.9 Å². The first-order chi connectivity index (χ1) is 13.6. The van der Waals surface area contributed by atoms with Crippen LogP contribution in [0, 0.1) is 11.8 Å². The molecule has 1 aromatic rings. The van der Waals surface area contributed by atoms with Gasteiger partial charge in [0.25, 0.3) is 0 Å². The minimum Gasteiger partial charge on any atom is -0.353 e. The van der Waals surface area contributed by atoms with Crippen LogP contribution in [-0.2, 0) is 16.1 Å². The fourth-order valence-corrected chi connectivity index (χ4v) is 4.40. The Hall–Kier alpha value is -2.57. The zero-order chi connectivity index (χ0) is 19.5. The molecule has 0 spiro atoms. The summed E-state index contributed by atoms with van der Waals surface area (Å²) in [6.07, 6.45) is 4.69. The lowest BCUT2D eigenvalue weighted by Gasteiger charge is -2.28. The topological polar surface area (TPSA) is 90.5 Å². The summed E-state index contributed by atoms with van der Waals surface area (Å²) in [5.41, 5.74) is 1.02. The largest absolute Gasteiger partial charge is 0.353 e. The Kier molecular flexibility index (Phi) is 5.50. The van der Waals surface area contributed by atoms with Crippen LogP contribution in [0.5, 0.6) is 0 Å². The van der Waals surface area contributed by atoms with Gasteiger partial charge in [-0.15, -0.1) is 0 Å². The van der Waals surface area contributed by atoms with Gasteiger partial charge in [-0.3, -0.25) is 9.59 Å². The van der Waals surface area contributed by atoms with Gasteiger partial charge < -0.3 is 20.9 Å².